The lowest BCUT2D eigenvalue weighted by Crippen LogP contribution is -2.28. The number of methoxy groups -OCH3 is 2. The molecule has 0 saturated heterocycles. The maximum absolute atomic E-state index is 11.5. The van der Waals surface area contributed by atoms with Gasteiger partial charge in [0.1, 0.15) is 11.6 Å². The van der Waals surface area contributed by atoms with Crippen LogP contribution in [0.5, 0.6) is 17.2 Å². The fourth-order valence-corrected chi connectivity index (χ4v) is 1.66. The van der Waals surface area contributed by atoms with E-state index in [4.69, 9.17) is 14.7 Å². The van der Waals surface area contributed by atoms with Crippen molar-refractivity contribution in [3.05, 3.63) is 35.4 Å². The molecule has 0 aromatic heterocycles. The maximum atomic E-state index is 11.5. The van der Waals surface area contributed by atoms with Gasteiger partial charge in [-0.1, -0.05) is 12.2 Å². The van der Waals surface area contributed by atoms with Crippen molar-refractivity contribution >= 4 is 17.9 Å². The van der Waals surface area contributed by atoms with E-state index >= 15 is 0 Å². The Bertz CT molecular complexity index is 689. The summed E-state index contributed by atoms with van der Waals surface area (Å²) in [6.07, 6.45) is 4.32. The molecule has 1 aromatic rings. The number of amides is 2. The Kier molecular flexibility index (Phi) is 6.37. The van der Waals surface area contributed by atoms with E-state index in [0.717, 1.165) is 0 Å². The van der Waals surface area contributed by atoms with Gasteiger partial charge in [-0.25, -0.2) is 0 Å². The van der Waals surface area contributed by atoms with Gasteiger partial charge in [0, 0.05) is 6.92 Å². The third-order valence-corrected chi connectivity index (χ3v) is 2.71. The molecule has 7 nitrogen and oxygen atoms in total. The molecule has 7 heteroatoms. The van der Waals surface area contributed by atoms with E-state index in [2.05, 4.69) is 0 Å². The summed E-state index contributed by atoms with van der Waals surface area (Å²) in [4.78, 5) is 22.3. The third-order valence-electron chi connectivity index (χ3n) is 2.71. The lowest BCUT2D eigenvalue weighted by Gasteiger charge is -2.09. The Morgan fingerprint density at radius 3 is 2.26 bits per heavy atom. The van der Waals surface area contributed by atoms with Gasteiger partial charge in [-0.05, 0) is 23.8 Å². The van der Waals surface area contributed by atoms with E-state index in [-0.39, 0.29) is 22.8 Å². The van der Waals surface area contributed by atoms with Crippen LogP contribution in [-0.4, -0.2) is 31.1 Å². The fourth-order valence-electron chi connectivity index (χ4n) is 1.66. The average Bonchev–Trinajstić information content (AvgIpc) is 2.51. The second kappa shape index (κ2) is 8.24. The lowest BCUT2D eigenvalue weighted by molar-refractivity contribution is -0.126. The van der Waals surface area contributed by atoms with Crippen LogP contribution in [-0.2, 0) is 9.59 Å². The number of ether oxygens (including phenoxy) is 2. The van der Waals surface area contributed by atoms with Crippen molar-refractivity contribution in [3.63, 3.8) is 0 Å². The third kappa shape index (κ3) is 4.89. The number of hydrogen-bond acceptors (Lipinski definition) is 6. The second-order valence-corrected chi connectivity index (χ2v) is 4.34. The number of allylic oxidation sites excluding steroid dienone is 2. The summed E-state index contributed by atoms with van der Waals surface area (Å²) in [6.45, 7) is 1.18. The molecule has 1 aromatic carbocycles. The molecule has 0 bridgehead atoms. The van der Waals surface area contributed by atoms with Gasteiger partial charge in [-0.3, -0.25) is 14.9 Å². The molecule has 0 aliphatic carbocycles. The monoisotopic (exact) mass is 316 g/mol. The molecule has 0 fully saturated rings. The first-order chi connectivity index (χ1) is 10.9. The van der Waals surface area contributed by atoms with Crippen LogP contribution in [0.3, 0.4) is 0 Å². The molecule has 0 unspecified atom stereocenters. The van der Waals surface area contributed by atoms with Gasteiger partial charge in [-0.15, -0.1) is 0 Å². The molecule has 2 amide bonds. The molecule has 0 atom stereocenters. The topological polar surface area (TPSA) is 109 Å². The van der Waals surface area contributed by atoms with Crippen LogP contribution in [0.2, 0.25) is 0 Å². The molecule has 0 saturated carbocycles. The number of carbonyl (C=O) groups excluding carboxylic acids is 2. The normalized spacial score (nSPS) is 11.0. The van der Waals surface area contributed by atoms with Gasteiger partial charge in [0.25, 0.3) is 5.91 Å². The number of nitriles is 1. The maximum Gasteiger partial charge on any atom is 0.268 e. The highest BCUT2D eigenvalue weighted by atomic mass is 16.5. The summed E-state index contributed by atoms with van der Waals surface area (Å²) in [5.74, 6) is -0.995. The van der Waals surface area contributed by atoms with E-state index in [9.17, 15) is 14.7 Å². The van der Waals surface area contributed by atoms with Crippen molar-refractivity contribution in [1.29, 1.82) is 5.26 Å². The van der Waals surface area contributed by atoms with Crippen molar-refractivity contribution < 1.29 is 24.2 Å². The van der Waals surface area contributed by atoms with Crippen molar-refractivity contribution in [3.8, 4) is 23.3 Å². The minimum absolute atomic E-state index is 0.124. The molecule has 0 heterocycles. The number of phenolic OH excluding ortho intramolecular Hbond substituents is 1. The molecule has 2 N–H and O–H groups in total. The van der Waals surface area contributed by atoms with Crippen LogP contribution >= 0.6 is 0 Å². The number of imide groups is 1. The molecule has 0 aliphatic rings. The summed E-state index contributed by atoms with van der Waals surface area (Å²) in [7, 11) is 2.81. The van der Waals surface area contributed by atoms with Crippen LogP contribution in [0.25, 0.3) is 6.08 Å². The van der Waals surface area contributed by atoms with Crippen molar-refractivity contribution in [1.82, 2.24) is 5.32 Å². The number of hydrogen-bond donors (Lipinski definition) is 2. The molecule has 1 rings (SSSR count). The zero-order valence-corrected chi connectivity index (χ0v) is 12.9. The van der Waals surface area contributed by atoms with Crippen molar-refractivity contribution in [2.24, 2.45) is 0 Å². The summed E-state index contributed by atoms with van der Waals surface area (Å²) in [5, 5.41) is 20.7. The van der Waals surface area contributed by atoms with Crippen molar-refractivity contribution in [2.75, 3.05) is 14.2 Å². The Balaban J connectivity index is 3.04. The first kappa shape index (κ1) is 17.8. The Morgan fingerprint density at radius 2 is 1.83 bits per heavy atom. The Hall–Kier alpha value is -3.27. The van der Waals surface area contributed by atoms with Gasteiger partial charge in [0.2, 0.25) is 11.7 Å². The van der Waals surface area contributed by atoms with E-state index in [0.29, 0.717) is 5.56 Å². The molecular formula is C16H16N2O5. The van der Waals surface area contributed by atoms with Gasteiger partial charge >= 0.3 is 0 Å². The average molecular weight is 316 g/mol. The molecular weight excluding hydrogens is 300 g/mol. The van der Waals surface area contributed by atoms with E-state index in [1.165, 1.54) is 33.3 Å². The van der Waals surface area contributed by atoms with Crippen molar-refractivity contribution in [2.45, 2.75) is 6.92 Å². The first-order valence-corrected chi connectivity index (χ1v) is 6.48. The summed E-state index contributed by atoms with van der Waals surface area (Å²) >= 11 is 0. The summed E-state index contributed by atoms with van der Waals surface area (Å²) in [5.41, 5.74) is 0.408. The number of benzene rings is 1. The SMILES string of the molecule is COc1cc(C=CC=C(C#N)C(=O)NC(C)=O)cc(OC)c1O. The second-order valence-electron chi connectivity index (χ2n) is 4.34. The largest absolute Gasteiger partial charge is 0.502 e. The predicted octanol–water partition coefficient (Wildman–Crippen LogP) is 1.54. The van der Waals surface area contributed by atoms with Crippen LogP contribution in [0.15, 0.2) is 29.9 Å². The number of nitrogens with zero attached hydrogens (tertiary/aromatic N) is 1. The standard InChI is InChI=1S/C16H16N2O5/c1-10(19)18-16(21)12(9-17)6-4-5-11-7-13(22-2)15(20)14(8-11)23-3/h4-8,20H,1-3H3,(H,18,19,21). The number of phenols is 1. The Morgan fingerprint density at radius 1 is 1.26 bits per heavy atom. The highest BCUT2D eigenvalue weighted by molar-refractivity contribution is 6.06. The van der Waals surface area contributed by atoms with Gasteiger partial charge in [0.15, 0.2) is 11.5 Å². The van der Waals surface area contributed by atoms with Gasteiger partial charge in [0.05, 0.1) is 14.2 Å². The number of aromatic hydroxyl groups is 1. The molecule has 0 spiro atoms. The van der Waals surface area contributed by atoms with E-state index in [1.807, 2.05) is 5.32 Å². The highest BCUT2D eigenvalue weighted by Gasteiger charge is 2.10. The fraction of sp³-hybridized carbons (Fsp3) is 0.188. The van der Waals surface area contributed by atoms with Crippen LogP contribution in [0.1, 0.15) is 12.5 Å². The number of rotatable bonds is 5. The first-order valence-electron chi connectivity index (χ1n) is 6.48. The van der Waals surface area contributed by atoms with Gasteiger partial charge in [-0.2, -0.15) is 5.26 Å². The van der Waals surface area contributed by atoms with Crippen LogP contribution in [0.4, 0.5) is 0 Å². The zero-order chi connectivity index (χ0) is 17.4. The minimum atomic E-state index is -0.773. The molecule has 0 aliphatic heterocycles. The highest BCUT2D eigenvalue weighted by Crippen LogP contribution is 2.37. The van der Waals surface area contributed by atoms with E-state index < -0.39 is 11.8 Å². The summed E-state index contributed by atoms with van der Waals surface area (Å²) in [6, 6.07) is 4.82. The minimum Gasteiger partial charge on any atom is -0.502 e. The van der Waals surface area contributed by atoms with Gasteiger partial charge < -0.3 is 14.6 Å². The lowest BCUT2D eigenvalue weighted by atomic mass is 10.1. The Labute approximate surface area is 133 Å². The summed E-state index contributed by atoms with van der Waals surface area (Å²) < 4.78 is 10.1. The number of carbonyl (C=O) groups is 2. The van der Waals surface area contributed by atoms with E-state index in [1.54, 1.807) is 24.3 Å². The van der Waals surface area contributed by atoms with Crippen LogP contribution < -0.4 is 14.8 Å². The number of nitrogens with one attached hydrogen (secondary N) is 1. The molecule has 23 heavy (non-hydrogen) atoms. The molecule has 0 radical (unpaired) electrons. The zero-order valence-electron chi connectivity index (χ0n) is 12.9. The predicted molar refractivity (Wildman–Crippen MR) is 82.8 cm³/mol. The quantitative estimate of drug-likeness (QED) is 0.484. The smallest absolute Gasteiger partial charge is 0.268 e. The van der Waals surface area contributed by atoms with Crippen LogP contribution in [0, 0.1) is 11.3 Å². The molecule has 120 valence electrons.